The standard InChI is InChI=1S/C26H25NO5S/c1-15(2)16-7-9-17(10-8-16)27-23(21-6-5-13-33-21)22(25(29)26(27)30)24(28)19-14-18(31-3)11-12-20(19)32-4/h5-15,23,28H,1-4H3/b24-22-. The Morgan fingerprint density at radius 3 is 2.33 bits per heavy atom. The number of carbonyl (C=O) groups is 2. The molecule has 4 rings (SSSR count). The van der Waals surface area contributed by atoms with E-state index in [1.807, 2.05) is 41.8 Å². The van der Waals surface area contributed by atoms with Crippen molar-refractivity contribution in [2.75, 3.05) is 19.1 Å². The van der Waals surface area contributed by atoms with Crippen molar-refractivity contribution in [2.45, 2.75) is 25.8 Å². The maximum Gasteiger partial charge on any atom is 0.300 e. The second kappa shape index (κ2) is 9.11. The van der Waals surface area contributed by atoms with Crippen molar-refractivity contribution in [1.82, 2.24) is 0 Å². The van der Waals surface area contributed by atoms with Crippen LogP contribution < -0.4 is 14.4 Å². The number of carbonyl (C=O) groups excluding carboxylic acids is 2. The summed E-state index contributed by atoms with van der Waals surface area (Å²) in [6.45, 7) is 4.18. The highest BCUT2D eigenvalue weighted by Crippen LogP contribution is 2.45. The van der Waals surface area contributed by atoms with Crippen molar-refractivity contribution in [3.05, 3.63) is 81.6 Å². The van der Waals surface area contributed by atoms with Gasteiger partial charge in [0.2, 0.25) is 0 Å². The van der Waals surface area contributed by atoms with Gasteiger partial charge in [-0.3, -0.25) is 14.5 Å². The Balaban J connectivity index is 1.91. The minimum absolute atomic E-state index is 0.0157. The minimum atomic E-state index is -0.759. The summed E-state index contributed by atoms with van der Waals surface area (Å²) < 4.78 is 10.7. The van der Waals surface area contributed by atoms with Crippen LogP contribution in [-0.4, -0.2) is 31.0 Å². The van der Waals surface area contributed by atoms with Crippen LogP contribution in [0.2, 0.25) is 0 Å². The summed E-state index contributed by atoms with van der Waals surface area (Å²) in [5, 5.41) is 13.2. The molecule has 1 N–H and O–H groups in total. The van der Waals surface area contributed by atoms with Crippen molar-refractivity contribution >= 4 is 34.5 Å². The Kier molecular flexibility index (Phi) is 6.24. The maximum atomic E-state index is 13.3. The second-order valence-corrected chi connectivity index (χ2v) is 8.98. The zero-order chi connectivity index (χ0) is 23.7. The van der Waals surface area contributed by atoms with E-state index in [2.05, 4.69) is 13.8 Å². The van der Waals surface area contributed by atoms with Crippen LogP contribution in [-0.2, 0) is 9.59 Å². The number of rotatable bonds is 6. The molecule has 1 atom stereocenters. The molecule has 1 unspecified atom stereocenters. The number of aliphatic hydroxyl groups is 1. The minimum Gasteiger partial charge on any atom is -0.507 e. The first kappa shape index (κ1) is 22.6. The number of hydrogen-bond acceptors (Lipinski definition) is 6. The molecule has 0 spiro atoms. The summed E-state index contributed by atoms with van der Waals surface area (Å²) in [5.74, 6) is -0.543. The molecule has 3 aromatic rings. The monoisotopic (exact) mass is 463 g/mol. The molecular formula is C26H25NO5S. The normalized spacial score (nSPS) is 17.6. The molecule has 6 nitrogen and oxygen atoms in total. The van der Waals surface area contributed by atoms with Crippen LogP contribution in [0.3, 0.4) is 0 Å². The number of thiophene rings is 1. The predicted molar refractivity (Wildman–Crippen MR) is 129 cm³/mol. The van der Waals surface area contributed by atoms with Gasteiger partial charge in [0.05, 0.1) is 25.4 Å². The molecule has 0 aliphatic carbocycles. The number of ether oxygens (including phenoxy) is 2. The van der Waals surface area contributed by atoms with Crippen molar-refractivity contribution in [2.24, 2.45) is 0 Å². The average molecular weight is 464 g/mol. The summed E-state index contributed by atoms with van der Waals surface area (Å²) in [6.07, 6.45) is 0. The molecule has 1 aromatic heterocycles. The second-order valence-electron chi connectivity index (χ2n) is 8.00. The van der Waals surface area contributed by atoms with Gasteiger partial charge in [-0.25, -0.2) is 0 Å². The molecule has 170 valence electrons. The molecule has 2 heterocycles. The van der Waals surface area contributed by atoms with Crippen molar-refractivity contribution < 1.29 is 24.2 Å². The Morgan fingerprint density at radius 2 is 1.76 bits per heavy atom. The molecule has 0 radical (unpaired) electrons. The zero-order valence-electron chi connectivity index (χ0n) is 18.9. The molecule has 7 heteroatoms. The largest absolute Gasteiger partial charge is 0.507 e. The summed E-state index contributed by atoms with van der Waals surface area (Å²) >= 11 is 1.42. The van der Waals surface area contributed by atoms with Crippen LogP contribution in [0.4, 0.5) is 5.69 Å². The lowest BCUT2D eigenvalue weighted by Gasteiger charge is -2.24. The van der Waals surface area contributed by atoms with E-state index in [9.17, 15) is 14.7 Å². The Bertz CT molecular complexity index is 1210. The fourth-order valence-electron chi connectivity index (χ4n) is 3.98. The fourth-order valence-corrected chi connectivity index (χ4v) is 4.80. The first-order valence-electron chi connectivity index (χ1n) is 10.5. The number of amides is 1. The fraction of sp³-hybridized carbons (Fsp3) is 0.231. The van der Waals surface area contributed by atoms with E-state index in [-0.39, 0.29) is 16.9 Å². The molecule has 1 saturated heterocycles. The van der Waals surface area contributed by atoms with E-state index in [0.29, 0.717) is 23.1 Å². The average Bonchev–Trinajstić information content (AvgIpc) is 3.45. The number of nitrogens with zero attached hydrogens (tertiary/aromatic N) is 1. The first-order chi connectivity index (χ1) is 15.9. The van der Waals surface area contributed by atoms with Gasteiger partial charge in [-0.1, -0.05) is 32.0 Å². The number of anilines is 1. The Hall–Kier alpha value is -3.58. The molecule has 1 fully saturated rings. The highest BCUT2D eigenvalue weighted by atomic mass is 32.1. The molecule has 0 saturated carbocycles. The van der Waals surface area contributed by atoms with Gasteiger partial charge in [-0.2, -0.15) is 0 Å². The third kappa shape index (κ3) is 4.00. The van der Waals surface area contributed by atoms with Gasteiger partial charge in [0.15, 0.2) is 0 Å². The third-order valence-corrected chi connectivity index (χ3v) is 6.68. The number of aliphatic hydroxyl groups excluding tert-OH is 1. The SMILES string of the molecule is COc1ccc(OC)c(/C(O)=C2/C(=O)C(=O)N(c3ccc(C(C)C)cc3)C2c2cccs2)c1. The lowest BCUT2D eigenvalue weighted by molar-refractivity contribution is -0.132. The predicted octanol–water partition coefficient (Wildman–Crippen LogP) is 5.52. The summed E-state index contributed by atoms with van der Waals surface area (Å²) in [7, 11) is 2.99. The molecule has 1 aliphatic rings. The Morgan fingerprint density at radius 1 is 1.03 bits per heavy atom. The van der Waals surface area contributed by atoms with Crippen molar-refractivity contribution in [3.63, 3.8) is 0 Å². The van der Waals surface area contributed by atoms with Crippen molar-refractivity contribution in [1.29, 1.82) is 0 Å². The summed E-state index contributed by atoms with van der Waals surface area (Å²) in [6, 6.07) is 15.5. The number of methoxy groups -OCH3 is 2. The lowest BCUT2D eigenvalue weighted by atomic mass is 9.98. The van der Waals surface area contributed by atoms with Gasteiger partial charge >= 0.3 is 0 Å². The highest BCUT2D eigenvalue weighted by molar-refractivity contribution is 7.10. The van der Waals surface area contributed by atoms with Gasteiger partial charge in [-0.15, -0.1) is 11.3 Å². The molecule has 2 aromatic carbocycles. The first-order valence-corrected chi connectivity index (χ1v) is 11.4. The van der Waals surface area contributed by atoms with Crippen molar-refractivity contribution in [3.8, 4) is 11.5 Å². The number of Topliss-reactive ketones (excluding diaryl/α,β-unsaturated/α-hetero) is 1. The summed E-state index contributed by atoms with van der Waals surface area (Å²) in [4.78, 5) is 28.7. The molecule has 33 heavy (non-hydrogen) atoms. The molecular weight excluding hydrogens is 438 g/mol. The van der Waals surface area contributed by atoms with Crippen LogP contribution in [0.1, 0.15) is 41.8 Å². The number of ketones is 1. The van der Waals surface area contributed by atoms with E-state index in [1.165, 1.54) is 30.5 Å². The molecule has 0 bridgehead atoms. The zero-order valence-corrected chi connectivity index (χ0v) is 19.7. The third-order valence-electron chi connectivity index (χ3n) is 5.76. The van der Waals surface area contributed by atoms with Gasteiger partial charge in [-0.05, 0) is 53.3 Å². The van der Waals surface area contributed by atoms with Gasteiger partial charge in [0.25, 0.3) is 11.7 Å². The molecule has 1 aliphatic heterocycles. The smallest absolute Gasteiger partial charge is 0.300 e. The lowest BCUT2D eigenvalue weighted by Crippen LogP contribution is -2.29. The van der Waals surface area contributed by atoms with Crippen LogP contribution in [0.25, 0.3) is 5.76 Å². The van der Waals surface area contributed by atoms with Crippen LogP contribution in [0.5, 0.6) is 11.5 Å². The van der Waals surface area contributed by atoms with Crippen LogP contribution in [0, 0.1) is 0 Å². The highest BCUT2D eigenvalue weighted by Gasteiger charge is 2.47. The van der Waals surface area contributed by atoms with E-state index in [1.54, 1.807) is 18.2 Å². The van der Waals surface area contributed by atoms with Gasteiger partial charge < -0.3 is 14.6 Å². The maximum absolute atomic E-state index is 13.3. The van der Waals surface area contributed by atoms with Gasteiger partial charge in [0, 0.05) is 10.6 Å². The Labute approximate surface area is 196 Å². The van der Waals surface area contributed by atoms with E-state index in [4.69, 9.17) is 9.47 Å². The van der Waals surface area contributed by atoms with Gasteiger partial charge in [0.1, 0.15) is 23.3 Å². The molecule has 1 amide bonds. The topological polar surface area (TPSA) is 76.1 Å². The summed E-state index contributed by atoms with van der Waals surface area (Å²) in [5.41, 5.74) is 2.02. The van der Waals surface area contributed by atoms with E-state index >= 15 is 0 Å². The number of benzene rings is 2. The quantitative estimate of drug-likeness (QED) is 0.296. The number of hydrogen-bond donors (Lipinski definition) is 1. The van der Waals surface area contributed by atoms with Crippen LogP contribution >= 0.6 is 11.3 Å². The van der Waals surface area contributed by atoms with E-state index < -0.39 is 17.7 Å². The van der Waals surface area contributed by atoms with Crippen LogP contribution in [0.15, 0.2) is 65.6 Å². The van der Waals surface area contributed by atoms with E-state index in [0.717, 1.165) is 10.4 Å².